The highest BCUT2D eigenvalue weighted by molar-refractivity contribution is 5.81. The van der Waals surface area contributed by atoms with Crippen molar-refractivity contribution in [3.05, 3.63) is 35.7 Å². The number of aliphatic hydroxyl groups is 1. The molecule has 2 N–H and O–H groups in total. The molecule has 28 heavy (non-hydrogen) atoms. The smallest absolute Gasteiger partial charge is 0.252 e. The minimum absolute atomic E-state index is 0.0510. The normalized spacial score (nSPS) is 19.9. The fraction of sp³-hybridized carbons (Fsp3) is 0.571. The number of piperidine rings is 1. The molecule has 0 radical (unpaired) electrons. The van der Waals surface area contributed by atoms with Crippen LogP contribution in [0, 0.1) is 5.92 Å². The molecule has 7 nitrogen and oxygen atoms in total. The molecule has 1 amide bonds. The summed E-state index contributed by atoms with van der Waals surface area (Å²) in [5.41, 5.74) is 2.10. The van der Waals surface area contributed by atoms with Gasteiger partial charge in [-0.3, -0.25) is 9.69 Å². The maximum atomic E-state index is 12.1. The van der Waals surface area contributed by atoms with E-state index in [0.29, 0.717) is 5.82 Å². The van der Waals surface area contributed by atoms with Gasteiger partial charge in [0.15, 0.2) is 0 Å². The van der Waals surface area contributed by atoms with Gasteiger partial charge in [0, 0.05) is 18.0 Å². The maximum absolute atomic E-state index is 12.1. The molecule has 2 aliphatic rings. The summed E-state index contributed by atoms with van der Waals surface area (Å²) in [6, 6.07) is 7.47. The standard InChI is InChI=1S/C21H28N4O3/c1-14(26)18(22-20(27)16-8-9-16)21-23-19(24-28-21)17-7-5-6-15(12-17)13-25-10-3-2-4-11-25/h5-7,12,14,16,18,26H,2-4,8-11,13H2,1H3,(H,22,27)/t14-,18+/m0/s1. The van der Waals surface area contributed by atoms with E-state index in [9.17, 15) is 9.90 Å². The van der Waals surface area contributed by atoms with E-state index in [4.69, 9.17) is 4.52 Å². The fourth-order valence-electron chi connectivity index (χ4n) is 3.67. The van der Waals surface area contributed by atoms with Crippen LogP contribution in [0.15, 0.2) is 28.8 Å². The molecule has 1 aromatic carbocycles. The van der Waals surface area contributed by atoms with Crippen LogP contribution in [-0.4, -0.2) is 45.2 Å². The first-order chi connectivity index (χ1) is 13.6. The zero-order valence-corrected chi connectivity index (χ0v) is 16.3. The molecule has 0 bridgehead atoms. The van der Waals surface area contributed by atoms with E-state index >= 15 is 0 Å². The Kier molecular flexibility index (Phi) is 5.73. The molecular weight excluding hydrogens is 356 g/mol. The van der Waals surface area contributed by atoms with Crippen LogP contribution < -0.4 is 5.32 Å². The second-order valence-electron chi connectivity index (χ2n) is 7.99. The average molecular weight is 384 g/mol. The highest BCUT2D eigenvalue weighted by Crippen LogP contribution is 2.30. The molecular formula is C21H28N4O3. The summed E-state index contributed by atoms with van der Waals surface area (Å²) in [7, 11) is 0. The number of nitrogens with zero attached hydrogens (tertiary/aromatic N) is 3. The molecule has 2 atom stereocenters. The summed E-state index contributed by atoms with van der Waals surface area (Å²) < 4.78 is 5.39. The fourth-order valence-corrected chi connectivity index (χ4v) is 3.67. The van der Waals surface area contributed by atoms with Gasteiger partial charge in [-0.15, -0.1) is 0 Å². The summed E-state index contributed by atoms with van der Waals surface area (Å²) in [6.07, 6.45) is 4.84. The SMILES string of the molecule is C[C@H](O)[C@@H](NC(=O)C1CC1)c1nc(-c2cccc(CN3CCCCC3)c2)no1. The average Bonchev–Trinajstić information content (AvgIpc) is 3.44. The van der Waals surface area contributed by atoms with E-state index in [-0.39, 0.29) is 17.7 Å². The number of nitrogens with one attached hydrogen (secondary N) is 1. The second kappa shape index (κ2) is 8.41. The summed E-state index contributed by atoms with van der Waals surface area (Å²) in [5, 5.41) is 17.0. The molecule has 0 unspecified atom stereocenters. The number of amides is 1. The highest BCUT2D eigenvalue weighted by atomic mass is 16.5. The molecule has 150 valence electrons. The van der Waals surface area contributed by atoms with Gasteiger partial charge in [0.05, 0.1) is 6.10 Å². The molecule has 1 aliphatic carbocycles. The molecule has 2 heterocycles. The molecule has 2 aromatic rings. The lowest BCUT2D eigenvalue weighted by molar-refractivity contribution is -0.124. The van der Waals surface area contributed by atoms with Crippen molar-refractivity contribution >= 4 is 5.91 Å². The van der Waals surface area contributed by atoms with Crippen LogP contribution in [0.4, 0.5) is 0 Å². The Morgan fingerprint density at radius 1 is 1.32 bits per heavy atom. The first-order valence-corrected chi connectivity index (χ1v) is 10.2. The summed E-state index contributed by atoms with van der Waals surface area (Å²) in [5.74, 6) is 0.700. The Hall–Kier alpha value is -2.25. The van der Waals surface area contributed by atoms with Gasteiger partial charge in [-0.05, 0) is 57.3 Å². The number of carbonyl (C=O) groups excluding carboxylic acids is 1. The Morgan fingerprint density at radius 2 is 2.11 bits per heavy atom. The zero-order valence-electron chi connectivity index (χ0n) is 16.3. The summed E-state index contributed by atoms with van der Waals surface area (Å²) in [4.78, 5) is 19.0. The quantitative estimate of drug-likeness (QED) is 0.763. The third-order valence-electron chi connectivity index (χ3n) is 5.48. The predicted molar refractivity (Wildman–Crippen MR) is 104 cm³/mol. The predicted octanol–water partition coefficient (Wildman–Crippen LogP) is 2.67. The lowest BCUT2D eigenvalue weighted by Gasteiger charge is -2.26. The summed E-state index contributed by atoms with van der Waals surface area (Å²) >= 11 is 0. The van der Waals surface area contributed by atoms with Crippen molar-refractivity contribution in [2.24, 2.45) is 5.92 Å². The molecule has 7 heteroatoms. The van der Waals surface area contributed by atoms with Crippen molar-refractivity contribution in [2.75, 3.05) is 13.1 Å². The number of hydrogen-bond acceptors (Lipinski definition) is 6. The molecule has 1 saturated carbocycles. The number of carbonyl (C=O) groups is 1. The lowest BCUT2D eigenvalue weighted by Crippen LogP contribution is -2.36. The van der Waals surface area contributed by atoms with Crippen molar-refractivity contribution in [1.82, 2.24) is 20.4 Å². The molecule has 1 aromatic heterocycles. The van der Waals surface area contributed by atoms with Crippen LogP contribution >= 0.6 is 0 Å². The Bertz CT molecular complexity index is 809. The van der Waals surface area contributed by atoms with Gasteiger partial charge >= 0.3 is 0 Å². The van der Waals surface area contributed by atoms with E-state index in [2.05, 4.69) is 32.5 Å². The van der Waals surface area contributed by atoms with E-state index < -0.39 is 12.1 Å². The van der Waals surface area contributed by atoms with Crippen molar-refractivity contribution in [3.8, 4) is 11.4 Å². The number of likely N-dealkylation sites (tertiary alicyclic amines) is 1. The minimum Gasteiger partial charge on any atom is -0.391 e. The lowest BCUT2D eigenvalue weighted by atomic mass is 10.1. The zero-order chi connectivity index (χ0) is 19.5. The monoisotopic (exact) mass is 384 g/mol. The Balaban J connectivity index is 1.48. The van der Waals surface area contributed by atoms with Gasteiger partial charge in [-0.1, -0.05) is 29.8 Å². The van der Waals surface area contributed by atoms with Crippen LogP contribution in [0.2, 0.25) is 0 Å². The first kappa shape index (κ1) is 19.1. The first-order valence-electron chi connectivity index (χ1n) is 10.2. The number of rotatable bonds is 7. The Labute approximate surface area is 165 Å². The molecule has 2 fully saturated rings. The van der Waals surface area contributed by atoms with Crippen LogP contribution in [0.5, 0.6) is 0 Å². The summed E-state index contributed by atoms with van der Waals surface area (Å²) in [6.45, 7) is 4.83. The van der Waals surface area contributed by atoms with Gasteiger partial charge in [-0.2, -0.15) is 4.98 Å². The van der Waals surface area contributed by atoms with Gasteiger partial charge in [0.2, 0.25) is 11.7 Å². The molecule has 4 rings (SSSR count). The molecule has 1 aliphatic heterocycles. The van der Waals surface area contributed by atoms with Gasteiger partial charge in [0.25, 0.3) is 5.89 Å². The van der Waals surface area contributed by atoms with Crippen molar-refractivity contribution < 1.29 is 14.4 Å². The molecule has 0 spiro atoms. The van der Waals surface area contributed by atoms with E-state index in [0.717, 1.165) is 38.0 Å². The highest BCUT2D eigenvalue weighted by Gasteiger charge is 2.34. The van der Waals surface area contributed by atoms with Crippen molar-refractivity contribution in [1.29, 1.82) is 0 Å². The number of hydrogen-bond donors (Lipinski definition) is 2. The van der Waals surface area contributed by atoms with E-state index in [1.807, 2.05) is 12.1 Å². The topological polar surface area (TPSA) is 91.5 Å². The molecule has 1 saturated heterocycles. The largest absolute Gasteiger partial charge is 0.391 e. The number of aromatic nitrogens is 2. The van der Waals surface area contributed by atoms with Gasteiger partial charge in [0.1, 0.15) is 6.04 Å². The second-order valence-corrected chi connectivity index (χ2v) is 7.99. The van der Waals surface area contributed by atoms with Crippen LogP contribution in [0.3, 0.4) is 0 Å². The van der Waals surface area contributed by atoms with E-state index in [1.54, 1.807) is 6.92 Å². The third-order valence-corrected chi connectivity index (χ3v) is 5.48. The van der Waals surface area contributed by atoms with Gasteiger partial charge < -0.3 is 14.9 Å². The van der Waals surface area contributed by atoms with E-state index in [1.165, 1.54) is 24.8 Å². The maximum Gasteiger partial charge on any atom is 0.252 e. The number of aliphatic hydroxyl groups excluding tert-OH is 1. The van der Waals surface area contributed by atoms with Crippen LogP contribution in [0.1, 0.15) is 56.5 Å². The minimum atomic E-state index is -0.818. The number of benzene rings is 1. The van der Waals surface area contributed by atoms with Crippen LogP contribution in [0.25, 0.3) is 11.4 Å². The van der Waals surface area contributed by atoms with Gasteiger partial charge in [-0.25, -0.2) is 0 Å². The van der Waals surface area contributed by atoms with Crippen molar-refractivity contribution in [2.45, 2.75) is 57.7 Å². The van der Waals surface area contributed by atoms with Crippen molar-refractivity contribution in [3.63, 3.8) is 0 Å². The Morgan fingerprint density at radius 3 is 2.82 bits per heavy atom. The third kappa shape index (κ3) is 4.59. The van der Waals surface area contributed by atoms with Crippen LogP contribution in [-0.2, 0) is 11.3 Å².